The van der Waals surface area contributed by atoms with E-state index in [1.54, 1.807) is 6.26 Å². The molecule has 88 valence electrons. The highest BCUT2D eigenvalue weighted by Gasteiger charge is 2.41. The fourth-order valence-corrected chi connectivity index (χ4v) is 2.51. The molecule has 0 saturated heterocycles. The molecular weight excluding hydrogens is 208 g/mol. The molecule has 1 nitrogen and oxygen atoms in total. The number of furan rings is 1. The second kappa shape index (κ2) is 4.06. The van der Waals surface area contributed by atoms with E-state index >= 15 is 0 Å². The minimum atomic E-state index is 0.606. The van der Waals surface area contributed by atoms with Crippen molar-refractivity contribution < 1.29 is 4.42 Å². The van der Waals surface area contributed by atoms with Gasteiger partial charge in [0.25, 0.3) is 0 Å². The third-order valence-corrected chi connectivity index (χ3v) is 3.73. The summed E-state index contributed by atoms with van der Waals surface area (Å²) >= 11 is 0. The van der Waals surface area contributed by atoms with Gasteiger partial charge >= 0.3 is 0 Å². The summed E-state index contributed by atoms with van der Waals surface area (Å²) < 4.78 is 5.47. The van der Waals surface area contributed by atoms with E-state index in [1.165, 1.54) is 17.5 Å². The minimum Gasteiger partial charge on any atom is -0.469 e. The Morgan fingerprint density at radius 1 is 1.06 bits per heavy atom. The van der Waals surface area contributed by atoms with Crippen LogP contribution < -0.4 is 0 Å². The van der Waals surface area contributed by atoms with Gasteiger partial charge in [0.05, 0.1) is 6.26 Å². The molecular formula is C16H18O. The predicted octanol–water partition coefficient (Wildman–Crippen LogP) is 4.67. The van der Waals surface area contributed by atoms with Crippen LogP contribution in [0.5, 0.6) is 0 Å². The van der Waals surface area contributed by atoms with E-state index in [0.29, 0.717) is 17.8 Å². The van der Waals surface area contributed by atoms with Crippen LogP contribution in [0.1, 0.15) is 54.9 Å². The van der Waals surface area contributed by atoms with Crippen molar-refractivity contribution in [1.82, 2.24) is 0 Å². The normalized spacial score (nSPS) is 23.0. The zero-order valence-electron chi connectivity index (χ0n) is 10.4. The maximum absolute atomic E-state index is 5.47. The first-order chi connectivity index (χ1) is 8.25. The van der Waals surface area contributed by atoms with E-state index in [-0.39, 0.29) is 0 Å². The Bertz CT molecular complexity index is 479. The molecule has 0 spiro atoms. The van der Waals surface area contributed by atoms with Crippen molar-refractivity contribution >= 4 is 0 Å². The third kappa shape index (κ3) is 2.02. The quantitative estimate of drug-likeness (QED) is 0.741. The third-order valence-electron chi connectivity index (χ3n) is 3.73. The SMILES string of the molecule is CC(C)c1ccc(C2CC2c2ccco2)cc1. The van der Waals surface area contributed by atoms with E-state index in [1.807, 2.05) is 6.07 Å². The Morgan fingerprint density at radius 2 is 1.82 bits per heavy atom. The fourth-order valence-electron chi connectivity index (χ4n) is 2.51. The molecule has 2 atom stereocenters. The summed E-state index contributed by atoms with van der Waals surface area (Å²) in [6.45, 7) is 4.47. The van der Waals surface area contributed by atoms with Crippen molar-refractivity contribution in [2.45, 2.75) is 38.0 Å². The number of benzene rings is 1. The molecule has 1 aliphatic carbocycles. The van der Waals surface area contributed by atoms with Crippen LogP contribution in [0.15, 0.2) is 47.1 Å². The molecule has 2 unspecified atom stereocenters. The number of hydrogen-bond acceptors (Lipinski definition) is 1. The van der Waals surface area contributed by atoms with Crippen molar-refractivity contribution in [3.05, 3.63) is 59.5 Å². The predicted molar refractivity (Wildman–Crippen MR) is 69.3 cm³/mol. The summed E-state index contributed by atoms with van der Waals surface area (Å²) in [5.74, 6) is 3.03. The Balaban J connectivity index is 1.75. The monoisotopic (exact) mass is 226 g/mol. The van der Waals surface area contributed by atoms with Crippen LogP contribution in [0.25, 0.3) is 0 Å². The van der Waals surface area contributed by atoms with Crippen molar-refractivity contribution in [1.29, 1.82) is 0 Å². The van der Waals surface area contributed by atoms with E-state index in [9.17, 15) is 0 Å². The average Bonchev–Trinajstić information content (AvgIpc) is 2.95. The molecule has 1 saturated carbocycles. The Morgan fingerprint density at radius 3 is 2.41 bits per heavy atom. The van der Waals surface area contributed by atoms with Gasteiger partial charge < -0.3 is 4.42 Å². The lowest BCUT2D eigenvalue weighted by Gasteiger charge is -2.06. The van der Waals surface area contributed by atoms with E-state index in [0.717, 1.165) is 5.76 Å². The summed E-state index contributed by atoms with van der Waals surface area (Å²) in [6.07, 6.45) is 3.00. The zero-order chi connectivity index (χ0) is 11.8. The van der Waals surface area contributed by atoms with Crippen molar-refractivity contribution in [3.63, 3.8) is 0 Å². The van der Waals surface area contributed by atoms with Crippen LogP contribution in [-0.4, -0.2) is 0 Å². The highest BCUT2D eigenvalue weighted by Crippen LogP contribution is 2.54. The Kier molecular flexibility index (Phi) is 2.54. The van der Waals surface area contributed by atoms with Crippen LogP contribution in [0.3, 0.4) is 0 Å². The van der Waals surface area contributed by atoms with Gasteiger partial charge in [-0.25, -0.2) is 0 Å². The zero-order valence-corrected chi connectivity index (χ0v) is 10.4. The van der Waals surface area contributed by atoms with Crippen molar-refractivity contribution in [2.75, 3.05) is 0 Å². The van der Waals surface area contributed by atoms with Gasteiger partial charge in [0.2, 0.25) is 0 Å². The second-order valence-electron chi connectivity index (χ2n) is 5.29. The molecule has 0 radical (unpaired) electrons. The van der Waals surface area contributed by atoms with E-state index in [4.69, 9.17) is 4.42 Å². The van der Waals surface area contributed by atoms with Crippen LogP contribution in [0.4, 0.5) is 0 Å². The molecule has 0 aliphatic heterocycles. The number of hydrogen-bond donors (Lipinski definition) is 0. The Labute approximate surface area is 102 Å². The molecule has 2 aromatic rings. The van der Waals surface area contributed by atoms with Gasteiger partial charge in [-0.05, 0) is 41.5 Å². The van der Waals surface area contributed by atoms with Crippen molar-refractivity contribution in [3.8, 4) is 0 Å². The first-order valence-corrected chi connectivity index (χ1v) is 6.39. The molecule has 1 fully saturated rings. The smallest absolute Gasteiger partial charge is 0.107 e. The second-order valence-corrected chi connectivity index (χ2v) is 5.29. The fraction of sp³-hybridized carbons (Fsp3) is 0.375. The lowest BCUT2D eigenvalue weighted by molar-refractivity contribution is 0.509. The molecule has 0 amide bonds. The topological polar surface area (TPSA) is 13.1 Å². The molecule has 17 heavy (non-hydrogen) atoms. The summed E-state index contributed by atoms with van der Waals surface area (Å²) in [4.78, 5) is 0. The molecule has 1 aliphatic rings. The van der Waals surface area contributed by atoms with Gasteiger partial charge in [-0.2, -0.15) is 0 Å². The molecule has 1 aromatic heterocycles. The average molecular weight is 226 g/mol. The molecule has 0 N–H and O–H groups in total. The maximum Gasteiger partial charge on any atom is 0.107 e. The lowest BCUT2D eigenvalue weighted by Crippen LogP contribution is -1.88. The largest absolute Gasteiger partial charge is 0.469 e. The summed E-state index contributed by atoms with van der Waals surface area (Å²) in [5, 5.41) is 0. The highest BCUT2D eigenvalue weighted by atomic mass is 16.3. The van der Waals surface area contributed by atoms with E-state index in [2.05, 4.69) is 44.2 Å². The highest BCUT2D eigenvalue weighted by molar-refractivity contribution is 5.35. The van der Waals surface area contributed by atoms with Gasteiger partial charge in [0.1, 0.15) is 5.76 Å². The van der Waals surface area contributed by atoms with Gasteiger partial charge in [-0.3, -0.25) is 0 Å². The van der Waals surface area contributed by atoms with Crippen LogP contribution in [0.2, 0.25) is 0 Å². The summed E-state index contributed by atoms with van der Waals surface area (Å²) in [6, 6.07) is 13.2. The first kappa shape index (κ1) is 10.6. The standard InChI is InChI=1S/C16H18O/c1-11(2)12-5-7-13(8-6-12)14-10-15(14)16-4-3-9-17-16/h3-9,11,14-15H,10H2,1-2H3. The molecule has 1 heteroatoms. The van der Waals surface area contributed by atoms with Gasteiger partial charge in [0, 0.05) is 5.92 Å². The lowest BCUT2D eigenvalue weighted by atomic mass is 10.00. The molecule has 3 rings (SSSR count). The van der Waals surface area contributed by atoms with Crippen LogP contribution in [0, 0.1) is 0 Å². The maximum atomic E-state index is 5.47. The molecule has 0 bridgehead atoms. The summed E-state index contributed by atoms with van der Waals surface area (Å²) in [7, 11) is 0. The van der Waals surface area contributed by atoms with Gasteiger partial charge in [-0.1, -0.05) is 38.1 Å². The van der Waals surface area contributed by atoms with Crippen LogP contribution in [-0.2, 0) is 0 Å². The number of rotatable bonds is 3. The van der Waals surface area contributed by atoms with Gasteiger partial charge in [0.15, 0.2) is 0 Å². The first-order valence-electron chi connectivity index (χ1n) is 6.39. The molecule has 1 heterocycles. The van der Waals surface area contributed by atoms with Crippen molar-refractivity contribution in [2.24, 2.45) is 0 Å². The minimum absolute atomic E-state index is 0.606. The van der Waals surface area contributed by atoms with Gasteiger partial charge in [-0.15, -0.1) is 0 Å². The molecule has 1 aromatic carbocycles. The van der Waals surface area contributed by atoms with Crippen LogP contribution >= 0.6 is 0 Å². The Hall–Kier alpha value is -1.50. The van der Waals surface area contributed by atoms with E-state index < -0.39 is 0 Å². The summed E-state index contributed by atoms with van der Waals surface area (Å²) in [5.41, 5.74) is 2.87.